The first-order valence-corrected chi connectivity index (χ1v) is 8.53. The molecule has 1 aromatic heterocycles. The third kappa shape index (κ3) is 3.17. The number of aryl methyl sites for hydroxylation is 2. The molecule has 0 radical (unpaired) electrons. The number of rotatable bonds is 5. The number of alkyl halides is 1. The summed E-state index contributed by atoms with van der Waals surface area (Å²) in [6.45, 7) is 4.16. The van der Waals surface area contributed by atoms with Crippen LogP contribution in [0.15, 0.2) is 4.47 Å². The number of hydrogen-bond donors (Lipinski definition) is 0. The molecular formula is C13H21Br2N3. The second-order valence-corrected chi connectivity index (χ2v) is 6.65. The van der Waals surface area contributed by atoms with Gasteiger partial charge in [0, 0.05) is 31.5 Å². The largest absolute Gasteiger partial charge is 0.294 e. The number of nitrogens with zero attached hydrogens (tertiary/aromatic N) is 3. The Kier molecular flexibility index (Phi) is 5.27. The Bertz CT molecular complexity index is 397. The van der Waals surface area contributed by atoms with Crippen LogP contribution in [0.4, 0.5) is 0 Å². The van der Waals surface area contributed by atoms with Gasteiger partial charge in [0.25, 0.3) is 0 Å². The third-order valence-electron chi connectivity index (χ3n) is 3.83. The molecule has 0 aliphatic heterocycles. The Morgan fingerprint density at radius 2 is 2.06 bits per heavy atom. The molecule has 0 N–H and O–H groups in total. The van der Waals surface area contributed by atoms with Gasteiger partial charge in [-0.05, 0) is 35.7 Å². The Labute approximate surface area is 126 Å². The molecule has 102 valence electrons. The first kappa shape index (κ1) is 14.5. The molecule has 1 heterocycles. The van der Waals surface area contributed by atoms with Crippen LogP contribution in [0.1, 0.15) is 37.1 Å². The van der Waals surface area contributed by atoms with Crippen LogP contribution in [0.5, 0.6) is 0 Å². The lowest BCUT2D eigenvalue weighted by atomic mass is 10.2. The first-order chi connectivity index (χ1) is 8.63. The van der Waals surface area contributed by atoms with Crippen molar-refractivity contribution in [2.45, 2.75) is 45.2 Å². The minimum absolute atomic E-state index is 0.754. The van der Waals surface area contributed by atoms with Crippen molar-refractivity contribution in [1.82, 2.24) is 14.7 Å². The Morgan fingerprint density at radius 1 is 1.39 bits per heavy atom. The predicted octanol–water partition coefficient (Wildman–Crippen LogP) is 3.63. The maximum Gasteiger partial charge on any atom is 0.0739 e. The highest BCUT2D eigenvalue weighted by Gasteiger charge is 2.24. The Balaban J connectivity index is 2.12. The van der Waals surface area contributed by atoms with Gasteiger partial charge in [0.2, 0.25) is 0 Å². The molecule has 1 aliphatic carbocycles. The van der Waals surface area contributed by atoms with Crippen LogP contribution < -0.4 is 0 Å². The Morgan fingerprint density at radius 3 is 2.56 bits per heavy atom. The van der Waals surface area contributed by atoms with Gasteiger partial charge in [0.1, 0.15) is 0 Å². The summed E-state index contributed by atoms with van der Waals surface area (Å²) in [5, 5.41) is 5.52. The van der Waals surface area contributed by atoms with Gasteiger partial charge in [-0.25, -0.2) is 0 Å². The normalized spacial score (nSPS) is 16.9. The quantitative estimate of drug-likeness (QED) is 0.729. The van der Waals surface area contributed by atoms with Crippen LogP contribution in [0.25, 0.3) is 0 Å². The molecule has 5 heteroatoms. The molecule has 18 heavy (non-hydrogen) atoms. The second-order valence-electron chi connectivity index (χ2n) is 5.07. The van der Waals surface area contributed by atoms with Crippen molar-refractivity contribution in [3.63, 3.8) is 0 Å². The van der Waals surface area contributed by atoms with E-state index < -0.39 is 0 Å². The molecule has 0 amide bonds. The summed E-state index contributed by atoms with van der Waals surface area (Å²) in [4.78, 5) is 2.60. The molecule has 0 unspecified atom stereocenters. The van der Waals surface area contributed by atoms with Crippen LogP contribution >= 0.6 is 31.9 Å². The van der Waals surface area contributed by atoms with Crippen LogP contribution in [0, 0.1) is 6.92 Å². The van der Waals surface area contributed by atoms with E-state index in [4.69, 9.17) is 0 Å². The summed E-state index contributed by atoms with van der Waals surface area (Å²) in [7, 11) is 2.04. The molecule has 0 aromatic carbocycles. The summed E-state index contributed by atoms with van der Waals surface area (Å²) in [6.07, 6.45) is 5.47. The van der Waals surface area contributed by atoms with E-state index in [-0.39, 0.29) is 0 Å². The van der Waals surface area contributed by atoms with E-state index in [1.807, 2.05) is 11.7 Å². The molecule has 0 atom stereocenters. The van der Waals surface area contributed by atoms with E-state index in [1.54, 1.807) is 0 Å². The average Bonchev–Trinajstić information content (AvgIpc) is 2.93. The highest BCUT2D eigenvalue weighted by molar-refractivity contribution is 9.10. The maximum atomic E-state index is 4.48. The molecule has 0 spiro atoms. The molecule has 1 aromatic rings. The van der Waals surface area contributed by atoms with Crippen molar-refractivity contribution in [2.75, 3.05) is 11.9 Å². The van der Waals surface area contributed by atoms with Crippen molar-refractivity contribution >= 4 is 31.9 Å². The van der Waals surface area contributed by atoms with Crippen molar-refractivity contribution in [1.29, 1.82) is 0 Å². The number of aromatic nitrogens is 2. The molecule has 1 aliphatic rings. The Hall–Kier alpha value is 0.130. The lowest BCUT2D eigenvalue weighted by Crippen LogP contribution is -2.35. The summed E-state index contributed by atoms with van der Waals surface area (Å²) in [6, 6.07) is 0.754. The van der Waals surface area contributed by atoms with Gasteiger partial charge in [0.05, 0.1) is 15.9 Å². The van der Waals surface area contributed by atoms with Crippen LogP contribution in [0.2, 0.25) is 0 Å². The summed E-state index contributed by atoms with van der Waals surface area (Å²) in [5.41, 5.74) is 2.37. The van der Waals surface area contributed by atoms with Gasteiger partial charge in [0.15, 0.2) is 0 Å². The summed E-state index contributed by atoms with van der Waals surface area (Å²) < 4.78 is 3.18. The molecule has 0 bridgehead atoms. The summed E-state index contributed by atoms with van der Waals surface area (Å²) in [5.74, 6) is 0. The molecular weight excluding hydrogens is 358 g/mol. The SMILES string of the molecule is Cc1nn(C)c(CN(CCBr)C2CCCC2)c1Br. The van der Waals surface area contributed by atoms with E-state index in [0.717, 1.165) is 30.2 Å². The van der Waals surface area contributed by atoms with Gasteiger partial charge in [-0.1, -0.05) is 28.8 Å². The topological polar surface area (TPSA) is 21.1 Å². The first-order valence-electron chi connectivity index (χ1n) is 6.61. The zero-order valence-electron chi connectivity index (χ0n) is 11.1. The number of halogens is 2. The van der Waals surface area contributed by atoms with Crippen molar-refractivity contribution in [3.05, 3.63) is 15.9 Å². The second kappa shape index (κ2) is 6.53. The molecule has 3 nitrogen and oxygen atoms in total. The van der Waals surface area contributed by atoms with E-state index >= 15 is 0 Å². The van der Waals surface area contributed by atoms with Crippen molar-refractivity contribution in [2.24, 2.45) is 7.05 Å². The van der Waals surface area contributed by atoms with Crippen LogP contribution in [-0.4, -0.2) is 32.6 Å². The van der Waals surface area contributed by atoms with E-state index in [9.17, 15) is 0 Å². The van der Waals surface area contributed by atoms with Gasteiger partial charge in [-0.15, -0.1) is 0 Å². The fraction of sp³-hybridized carbons (Fsp3) is 0.769. The lowest BCUT2D eigenvalue weighted by molar-refractivity contribution is 0.197. The third-order valence-corrected chi connectivity index (χ3v) is 5.21. The van der Waals surface area contributed by atoms with Gasteiger partial charge in [-0.2, -0.15) is 5.10 Å². The van der Waals surface area contributed by atoms with Gasteiger partial charge >= 0.3 is 0 Å². The van der Waals surface area contributed by atoms with Crippen molar-refractivity contribution < 1.29 is 0 Å². The monoisotopic (exact) mass is 377 g/mol. The lowest BCUT2D eigenvalue weighted by Gasteiger charge is -2.28. The fourth-order valence-electron chi connectivity index (χ4n) is 2.81. The predicted molar refractivity (Wildman–Crippen MR) is 82.1 cm³/mol. The summed E-state index contributed by atoms with van der Waals surface area (Å²) >= 11 is 7.24. The van der Waals surface area contributed by atoms with Gasteiger partial charge in [-0.3, -0.25) is 9.58 Å². The molecule has 1 saturated carbocycles. The minimum atomic E-state index is 0.754. The van der Waals surface area contributed by atoms with E-state index in [1.165, 1.54) is 35.8 Å². The average molecular weight is 379 g/mol. The maximum absolute atomic E-state index is 4.48. The van der Waals surface area contributed by atoms with Gasteiger partial charge < -0.3 is 0 Å². The van der Waals surface area contributed by atoms with E-state index in [0.29, 0.717) is 0 Å². The van der Waals surface area contributed by atoms with Crippen LogP contribution in [-0.2, 0) is 13.6 Å². The molecule has 2 rings (SSSR count). The minimum Gasteiger partial charge on any atom is -0.294 e. The fourth-order valence-corrected chi connectivity index (χ4v) is 3.73. The van der Waals surface area contributed by atoms with Crippen molar-refractivity contribution in [3.8, 4) is 0 Å². The highest BCUT2D eigenvalue weighted by Crippen LogP contribution is 2.27. The smallest absolute Gasteiger partial charge is 0.0739 e. The molecule has 1 fully saturated rings. The number of hydrogen-bond acceptors (Lipinski definition) is 2. The highest BCUT2D eigenvalue weighted by atomic mass is 79.9. The zero-order chi connectivity index (χ0) is 13.1. The molecule has 0 saturated heterocycles. The standard InChI is InChI=1S/C13H21Br2N3/c1-10-13(15)12(17(2)16-10)9-18(8-7-14)11-5-3-4-6-11/h11H,3-9H2,1-2H3. The van der Waals surface area contributed by atoms with Crippen LogP contribution in [0.3, 0.4) is 0 Å². The zero-order valence-corrected chi connectivity index (χ0v) is 14.3. The van der Waals surface area contributed by atoms with E-state index in [2.05, 4.69) is 48.8 Å².